The molecule has 1 N–H and O–H groups in total. The molecule has 0 spiro atoms. The van der Waals surface area contributed by atoms with Gasteiger partial charge in [0, 0.05) is 39.3 Å². The number of hydrogen-bond donors (Lipinski definition) is 1. The van der Waals surface area contributed by atoms with Crippen molar-refractivity contribution in [3.05, 3.63) is 27.9 Å². The first-order valence-electron chi connectivity index (χ1n) is 6.33. The third kappa shape index (κ3) is 2.85. The first kappa shape index (κ1) is 14.2. The molecule has 8 nitrogen and oxygen atoms in total. The summed E-state index contributed by atoms with van der Waals surface area (Å²) in [5.41, 5.74) is 0.0627. The third-order valence-electron chi connectivity index (χ3n) is 3.34. The molecule has 1 aliphatic heterocycles. The quantitative estimate of drug-likeness (QED) is 0.637. The highest BCUT2D eigenvalue weighted by molar-refractivity contribution is 5.99. The fraction of sp³-hybridized carbons (Fsp3) is 0.500. The minimum atomic E-state index is -0.548. The number of nitro groups is 1. The van der Waals surface area contributed by atoms with E-state index in [4.69, 9.17) is 0 Å². The lowest BCUT2D eigenvalue weighted by Crippen LogP contribution is -2.47. The van der Waals surface area contributed by atoms with Crippen LogP contribution in [0.1, 0.15) is 10.4 Å². The number of piperazine rings is 1. The molecule has 1 aromatic heterocycles. The lowest BCUT2D eigenvalue weighted by molar-refractivity contribution is -0.385. The Balaban J connectivity index is 2.27. The lowest BCUT2D eigenvalue weighted by Gasteiger charge is -2.32. The van der Waals surface area contributed by atoms with Crippen molar-refractivity contribution in [1.29, 1.82) is 0 Å². The Hall–Kier alpha value is -2.22. The van der Waals surface area contributed by atoms with Gasteiger partial charge in [0.2, 0.25) is 0 Å². The van der Waals surface area contributed by atoms with E-state index in [9.17, 15) is 14.9 Å². The summed E-state index contributed by atoms with van der Waals surface area (Å²) < 4.78 is 0. The molecule has 0 saturated carbocycles. The second-order valence-electron chi connectivity index (χ2n) is 4.69. The van der Waals surface area contributed by atoms with E-state index in [1.165, 1.54) is 6.07 Å². The first-order valence-corrected chi connectivity index (χ1v) is 6.33. The summed E-state index contributed by atoms with van der Waals surface area (Å²) in [5.74, 6) is 0.137. The molecule has 1 amide bonds. The summed E-state index contributed by atoms with van der Waals surface area (Å²) in [5, 5.41) is 13.6. The van der Waals surface area contributed by atoms with Crippen LogP contribution in [-0.2, 0) is 0 Å². The first-order chi connectivity index (χ1) is 9.52. The van der Waals surface area contributed by atoms with Gasteiger partial charge < -0.3 is 15.1 Å². The van der Waals surface area contributed by atoms with E-state index >= 15 is 0 Å². The Kier molecular flexibility index (Phi) is 4.14. The molecule has 1 saturated heterocycles. The van der Waals surface area contributed by atoms with E-state index in [0.29, 0.717) is 18.9 Å². The van der Waals surface area contributed by atoms with Gasteiger partial charge in [-0.2, -0.15) is 0 Å². The van der Waals surface area contributed by atoms with Crippen LogP contribution in [0.25, 0.3) is 0 Å². The zero-order chi connectivity index (χ0) is 14.7. The predicted octanol–water partition coefficient (Wildman–Crippen LogP) is 0.419. The standard InChI is InChI=1S/C12H17N5O3/c1-13-11-10(7-9(8-14-11)17(19)20)12(18)16-5-3-15(2)4-6-16/h7-8H,3-6H2,1-2H3,(H,13,14). The average molecular weight is 279 g/mol. The van der Waals surface area contributed by atoms with Gasteiger partial charge in [-0.15, -0.1) is 0 Å². The molecule has 8 heteroatoms. The number of nitrogens with one attached hydrogen (secondary N) is 1. The number of carbonyl (C=O) groups excluding carboxylic acids is 1. The molecular weight excluding hydrogens is 262 g/mol. The Morgan fingerprint density at radius 1 is 1.40 bits per heavy atom. The van der Waals surface area contributed by atoms with Gasteiger partial charge in [-0.05, 0) is 7.05 Å². The predicted molar refractivity (Wildman–Crippen MR) is 73.8 cm³/mol. The SMILES string of the molecule is CNc1ncc([N+](=O)[O-])cc1C(=O)N1CCN(C)CC1. The number of likely N-dealkylation sites (N-methyl/N-ethyl adjacent to an activating group) is 1. The van der Waals surface area contributed by atoms with Crippen molar-refractivity contribution in [3.8, 4) is 0 Å². The van der Waals surface area contributed by atoms with E-state index in [0.717, 1.165) is 19.3 Å². The van der Waals surface area contributed by atoms with Gasteiger partial charge in [-0.1, -0.05) is 0 Å². The van der Waals surface area contributed by atoms with Crippen molar-refractivity contribution in [1.82, 2.24) is 14.8 Å². The molecule has 0 radical (unpaired) electrons. The summed E-state index contributed by atoms with van der Waals surface area (Å²) in [6.45, 7) is 2.81. The molecule has 0 unspecified atom stereocenters. The molecule has 1 aliphatic rings. The van der Waals surface area contributed by atoms with Crippen LogP contribution in [0.4, 0.5) is 11.5 Å². The Labute approximate surface area is 116 Å². The highest BCUT2D eigenvalue weighted by Crippen LogP contribution is 2.21. The number of aromatic nitrogens is 1. The molecule has 1 fully saturated rings. The lowest BCUT2D eigenvalue weighted by atomic mass is 10.2. The molecule has 2 rings (SSSR count). The number of rotatable bonds is 3. The van der Waals surface area contributed by atoms with Gasteiger partial charge in [0.05, 0.1) is 10.5 Å². The maximum absolute atomic E-state index is 12.5. The van der Waals surface area contributed by atoms with Crippen LogP contribution in [0.2, 0.25) is 0 Å². The molecule has 0 aliphatic carbocycles. The number of amides is 1. The minimum absolute atomic E-state index is 0.179. The van der Waals surface area contributed by atoms with E-state index in [2.05, 4.69) is 15.2 Å². The van der Waals surface area contributed by atoms with Crippen LogP contribution < -0.4 is 5.32 Å². The summed E-state index contributed by atoms with van der Waals surface area (Å²) in [6, 6.07) is 1.28. The van der Waals surface area contributed by atoms with Crippen molar-refractivity contribution >= 4 is 17.4 Å². The average Bonchev–Trinajstić information content (AvgIpc) is 2.46. The Bertz CT molecular complexity index is 526. The second-order valence-corrected chi connectivity index (χ2v) is 4.69. The monoisotopic (exact) mass is 279 g/mol. The normalized spacial score (nSPS) is 16.0. The Morgan fingerprint density at radius 2 is 2.05 bits per heavy atom. The molecule has 20 heavy (non-hydrogen) atoms. The molecule has 0 aromatic carbocycles. The van der Waals surface area contributed by atoms with Gasteiger partial charge >= 0.3 is 0 Å². The van der Waals surface area contributed by atoms with Crippen molar-refractivity contribution in [2.75, 3.05) is 45.6 Å². The highest BCUT2D eigenvalue weighted by Gasteiger charge is 2.24. The van der Waals surface area contributed by atoms with Crippen molar-refractivity contribution < 1.29 is 9.72 Å². The highest BCUT2D eigenvalue weighted by atomic mass is 16.6. The topological polar surface area (TPSA) is 91.6 Å². The summed E-state index contributed by atoms with van der Waals surface area (Å²) >= 11 is 0. The van der Waals surface area contributed by atoms with Crippen LogP contribution in [-0.4, -0.2) is 65.9 Å². The van der Waals surface area contributed by atoms with Gasteiger partial charge in [-0.25, -0.2) is 4.98 Å². The molecular formula is C12H17N5O3. The van der Waals surface area contributed by atoms with Gasteiger partial charge in [0.1, 0.15) is 12.0 Å². The smallest absolute Gasteiger partial charge is 0.288 e. The molecule has 0 atom stereocenters. The fourth-order valence-electron chi connectivity index (χ4n) is 2.10. The summed E-state index contributed by atoms with van der Waals surface area (Å²) in [4.78, 5) is 30.5. The molecule has 108 valence electrons. The fourth-order valence-corrected chi connectivity index (χ4v) is 2.10. The van der Waals surface area contributed by atoms with Crippen molar-refractivity contribution in [3.63, 3.8) is 0 Å². The van der Waals surface area contributed by atoms with E-state index in [-0.39, 0.29) is 17.2 Å². The maximum atomic E-state index is 12.5. The van der Waals surface area contributed by atoms with Crippen molar-refractivity contribution in [2.45, 2.75) is 0 Å². The zero-order valence-corrected chi connectivity index (χ0v) is 11.5. The number of pyridine rings is 1. The van der Waals surface area contributed by atoms with E-state index in [1.807, 2.05) is 7.05 Å². The molecule has 0 bridgehead atoms. The minimum Gasteiger partial charge on any atom is -0.372 e. The second kappa shape index (κ2) is 5.83. The third-order valence-corrected chi connectivity index (χ3v) is 3.34. The van der Waals surface area contributed by atoms with Gasteiger partial charge in [0.15, 0.2) is 0 Å². The number of anilines is 1. The van der Waals surface area contributed by atoms with E-state index in [1.54, 1.807) is 11.9 Å². The molecule has 2 heterocycles. The van der Waals surface area contributed by atoms with Gasteiger partial charge in [0.25, 0.3) is 11.6 Å². The van der Waals surface area contributed by atoms with Crippen LogP contribution in [0, 0.1) is 10.1 Å². The number of carbonyl (C=O) groups is 1. The van der Waals surface area contributed by atoms with Crippen LogP contribution in [0.5, 0.6) is 0 Å². The molecule has 1 aromatic rings. The van der Waals surface area contributed by atoms with E-state index < -0.39 is 4.92 Å². The van der Waals surface area contributed by atoms with Crippen LogP contribution in [0.15, 0.2) is 12.3 Å². The summed E-state index contributed by atoms with van der Waals surface area (Å²) in [6.07, 6.45) is 1.15. The summed E-state index contributed by atoms with van der Waals surface area (Å²) in [7, 11) is 3.63. The zero-order valence-electron chi connectivity index (χ0n) is 11.5. The van der Waals surface area contributed by atoms with Crippen LogP contribution >= 0.6 is 0 Å². The number of nitrogens with zero attached hydrogens (tertiary/aromatic N) is 4. The van der Waals surface area contributed by atoms with Gasteiger partial charge in [-0.3, -0.25) is 14.9 Å². The maximum Gasteiger partial charge on any atom is 0.288 e. The number of hydrogen-bond acceptors (Lipinski definition) is 6. The Morgan fingerprint density at radius 3 is 2.60 bits per heavy atom. The van der Waals surface area contributed by atoms with Crippen molar-refractivity contribution in [2.24, 2.45) is 0 Å². The largest absolute Gasteiger partial charge is 0.372 e. The van der Waals surface area contributed by atoms with Crippen LogP contribution in [0.3, 0.4) is 0 Å².